The summed E-state index contributed by atoms with van der Waals surface area (Å²) in [5, 5.41) is 7.11. The van der Waals surface area contributed by atoms with Gasteiger partial charge in [0.1, 0.15) is 0 Å². The summed E-state index contributed by atoms with van der Waals surface area (Å²) in [7, 11) is 1.64. The number of hydrogen-bond acceptors (Lipinski definition) is 5. The molecule has 1 unspecified atom stereocenters. The zero-order valence-electron chi connectivity index (χ0n) is 16.2. The maximum absolute atomic E-state index is 13.0. The Labute approximate surface area is 166 Å². The predicted molar refractivity (Wildman–Crippen MR) is 110 cm³/mol. The molecule has 0 aliphatic carbocycles. The van der Waals surface area contributed by atoms with E-state index in [1.807, 2.05) is 42.7 Å². The van der Waals surface area contributed by atoms with E-state index in [0.29, 0.717) is 35.2 Å². The normalized spacial score (nSPS) is 16.4. The second kappa shape index (κ2) is 6.63. The molecule has 0 saturated carbocycles. The molecule has 8 nitrogen and oxygen atoms in total. The Morgan fingerprint density at radius 2 is 1.86 bits per heavy atom. The van der Waals surface area contributed by atoms with Crippen molar-refractivity contribution in [2.75, 3.05) is 5.01 Å². The molecular formula is C19H21ClN6O2. The minimum Gasteiger partial charge on any atom is -0.294 e. The van der Waals surface area contributed by atoms with Gasteiger partial charge >= 0.3 is 5.69 Å². The molecule has 0 radical (unpaired) electrons. The monoisotopic (exact) mass is 400 g/mol. The van der Waals surface area contributed by atoms with E-state index in [9.17, 15) is 9.59 Å². The van der Waals surface area contributed by atoms with Crippen molar-refractivity contribution >= 4 is 34.4 Å². The summed E-state index contributed by atoms with van der Waals surface area (Å²) < 4.78 is 4.53. The van der Waals surface area contributed by atoms with E-state index in [4.69, 9.17) is 11.6 Å². The fraction of sp³-hybridized carbons (Fsp3) is 0.368. The van der Waals surface area contributed by atoms with Gasteiger partial charge in [0.25, 0.3) is 5.56 Å². The van der Waals surface area contributed by atoms with E-state index in [2.05, 4.69) is 10.1 Å². The number of rotatable bonds is 3. The Morgan fingerprint density at radius 3 is 2.50 bits per heavy atom. The van der Waals surface area contributed by atoms with Gasteiger partial charge in [0.15, 0.2) is 11.2 Å². The first-order valence-electron chi connectivity index (χ1n) is 9.12. The van der Waals surface area contributed by atoms with Crippen LogP contribution in [0.5, 0.6) is 0 Å². The van der Waals surface area contributed by atoms with Crippen molar-refractivity contribution in [3.05, 3.63) is 55.7 Å². The quantitative estimate of drug-likeness (QED) is 0.676. The minimum atomic E-state index is -0.370. The van der Waals surface area contributed by atoms with Gasteiger partial charge in [0.2, 0.25) is 5.95 Å². The Kier molecular flexibility index (Phi) is 4.38. The van der Waals surface area contributed by atoms with Gasteiger partial charge in [-0.1, -0.05) is 23.7 Å². The molecule has 9 heteroatoms. The molecule has 28 heavy (non-hydrogen) atoms. The van der Waals surface area contributed by atoms with E-state index >= 15 is 0 Å². The fourth-order valence-corrected chi connectivity index (χ4v) is 3.66. The standard InChI is InChI=1S/C19H21ClN6O2/c1-5-24-17(27)15-16(23(4)19(24)28)21-18-25(22-11(2)12(3)26(15)18)10-13-6-8-14(20)9-7-13/h6-9,12H,5,10H2,1-4H3. The third-order valence-electron chi connectivity index (χ3n) is 5.22. The van der Waals surface area contributed by atoms with Crippen LogP contribution in [0.4, 0.5) is 5.95 Å². The third-order valence-corrected chi connectivity index (χ3v) is 5.47. The smallest absolute Gasteiger partial charge is 0.294 e. The molecule has 0 spiro atoms. The van der Waals surface area contributed by atoms with Crippen LogP contribution in [0.3, 0.4) is 0 Å². The van der Waals surface area contributed by atoms with Crippen LogP contribution in [-0.2, 0) is 20.1 Å². The first kappa shape index (κ1) is 18.5. The van der Waals surface area contributed by atoms with Crippen molar-refractivity contribution in [2.45, 2.75) is 39.9 Å². The van der Waals surface area contributed by atoms with Gasteiger partial charge in [0, 0.05) is 18.6 Å². The summed E-state index contributed by atoms with van der Waals surface area (Å²) >= 11 is 5.98. The Balaban J connectivity index is 1.95. The molecule has 1 aromatic carbocycles. The average Bonchev–Trinajstić information content (AvgIpc) is 3.08. The molecular weight excluding hydrogens is 380 g/mol. The molecule has 0 amide bonds. The Hall–Kier alpha value is -2.87. The molecule has 2 aromatic heterocycles. The zero-order valence-corrected chi connectivity index (χ0v) is 16.9. The van der Waals surface area contributed by atoms with Gasteiger partial charge < -0.3 is 0 Å². The summed E-state index contributed by atoms with van der Waals surface area (Å²) in [6, 6.07) is 7.37. The van der Waals surface area contributed by atoms with Crippen LogP contribution in [0.15, 0.2) is 39.0 Å². The molecule has 146 valence electrons. The summed E-state index contributed by atoms with van der Waals surface area (Å²) in [4.78, 5) is 30.2. The van der Waals surface area contributed by atoms with Crippen LogP contribution in [0, 0.1) is 0 Å². The maximum Gasteiger partial charge on any atom is 0.332 e. The van der Waals surface area contributed by atoms with Gasteiger partial charge in [-0.3, -0.25) is 18.5 Å². The van der Waals surface area contributed by atoms with E-state index in [1.54, 1.807) is 19.0 Å². The SMILES string of the molecule is CCn1c(=O)c2c(nc3n2C(C)C(C)=NN3Cc2ccc(Cl)cc2)n(C)c1=O. The minimum absolute atomic E-state index is 0.142. The average molecular weight is 401 g/mol. The Bertz CT molecular complexity index is 1220. The molecule has 1 aliphatic heterocycles. The molecule has 1 aliphatic rings. The molecule has 3 heterocycles. The summed E-state index contributed by atoms with van der Waals surface area (Å²) in [6.45, 7) is 6.46. The van der Waals surface area contributed by atoms with Crippen LogP contribution in [0.2, 0.25) is 5.02 Å². The molecule has 3 aromatic rings. The van der Waals surface area contributed by atoms with Crippen molar-refractivity contribution in [3.8, 4) is 0 Å². The number of hydrogen-bond donors (Lipinski definition) is 0. The number of aryl methyl sites for hydroxylation is 1. The molecule has 0 fully saturated rings. The Morgan fingerprint density at radius 1 is 1.18 bits per heavy atom. The molecule has 0 bridgehead atoms. The summed E-state index contributed by atoms with van der Waals surface area (Å²) in [5.74, 6) is 0.545. The van der Waals surface area contributed by atoms with Gasteiger partial charge in [-0.05, 0) is 38.5 Å². The number of fused-ring (bicyclic) bond motifs is 3. The van der Waals surface area contributed by atoms with Crippen LogP contribution in [-0.4, -0.2) is 24.4 Å². The van der Waals surface area contributed by atoms with Gasteiger partial charge in [-0.15, -0.1) is 0 Å². The van der Waals surface area contributed by atoms with Crippen molar-refractivity contribution in [1.29, 1.82) is 0 Å². The van der Waals surface area contributed by atoms with Gasteiger partial charge in [-0.2, -0.15) is 10.1 Å². The summed E-state index contributed by atoms with van der Waals surface area (Å²) in [5.41, 5.74) is 1.96. The lowest BCUT2D eigenvalue weighted by Gasteiger charge is -2.29. The van der Waals surface area contributed by atoms with Crippen molar-refractivity contribution in [1.82, 2.24) is 18.7 Å². The zero-order chi connectivity index (χ0) is 20.2. The van der Waals surface area contributed by atoms with Crippen LogP contribution in [0.25, 0.3) is 11.2 Å². The number of halogens is 1. The third kappa shape index (κ3) is 2.67. The van der Waals surface area contributed by atoms with E-state index in [1.165, 1.54) is 9.13 Å². The van der Waals surface area contributed by atoms with E-state index in [0.717, 1.165) is 11.3 Å². The second-order valence-electron chi connectivity index (χ2n) is 6.95. The molecule has 4 rings (SSSR count). The first-order chi connectivity index (χ1) is 13.3. The molecule has 1 atom stereocenters. The van der Waals surface area contributed by atoms with Gasteiger partial charge in [-0.25, -0.2) is 9.80 Å². The number of aromatic nitrogens is 4. The highest BCUT2D eigenvalue weighted by atomic mass is 35.5. The maximum atomic E-state index is 13.0. The number of imidazole rings is 1. The van der Waals surface area contributed by atoms with Crippen LogP contribution >= 0.6 is 11.6 Å². The topological polar surface area (TPSA) is 77.4 Å². The van der Waals surface area contributed by atoms with Crippen molar-refractivity contribution in [3.63, 3.8) is 0 Å². The molecule has 0 saturated heterocycles. The predicted octanol–water partition coefficient (Wildman–Crippen LogP) is 2.53. The lowest BCUT2D eigenvalue weighted by Crippen LogP contribution is -2.40. The van der Waals surface area contributed by atoms with E-state index < -0.39 is 0 Å². The number of anilines is 1. The van der Waals surface area contributed by atoms with Gasteiger partial charge in [0.05, 0.1) is 18.3 Å². The highest BCUT2D eigenvalue weighted by molar-refractivity contribution is 6.30. The number of benzene rings is 1. The van der Waals surface area contributed by atoms with Crippen molar-refractivity contribution < 1.29 is 0 Å². The second-order valence-corrected chi connectivity index (χ2v) is 7.38. The van der Waals surface area contributed by atoms with E-state index in [-0.39, 0.29) is 17.3 Å². The molecule has 0 N–H and O–H groups in total. The largest absolute Gasteiger partial charge is 0.332 e. The highest BCUT2D eigenvalue weighted by Gasteiger charge is 2.30. The first-order valence-corrected chi connectivity index (χ1v) is 9.50. The fourth-order valence-electron chi connectivity index (χ4n) is 3.53. The lowest BCUT2D eigenvalue weighted by molar-refractivity contribution is 0.618. The number of hydrazone groups is 1. The lowest BCUT2D eigenvalue weighted by atomic mass is 10.2. The van der Waals surface area contributed by atoms with Crippen LogP contribution in [0.1, 0.15) is 32.4 Å². The highest BCUT2D eigenvalue weighted by Crippen LogP contribution is 2.30. The van der Waals surface area contributed by atoms with Crippen LogP contribution < -0.4 is 16.3 Å². The van der Waals surface area contributed by atoms with Crippen molar-refractivity contribution in [2.24, 2.45) is 12.1 Å². The number of nitrogens with zero attached hydrogens (tertiary/aromatic N) is 6. The summed E-state index contributed by atoms with van der Waals surface area (Å²) in [6.07, 6.45) is 0.